The van der Waals surface area contributed by atoms with E-state index in [1.165, 1.54) is 12.1 Å². The lowest BCUT2D eigenvalue weighted by atomic mass is 10.1. The van der Waals surface area contributed by atoms with Crippen molar-refractivity contribution in [1.82, 2.24) is 5.32 Å². The van der Waals surface area contributed by atoms with Crippen LogP contribution in [0.3, 0.4) is 0 Å². The molecule has 1 aliphatic rings. The quantitative estimate of drug-likeness (QED) is 0.508. The van der Waals surface area contributed by atoms with Gasteiger partial charge in [0.2, 0.25) is 0 Å². The molecule has 1 unspecified atom stereocenters. The standard InChI is InChI=1S/C17H15ClF5NO2S/c1-26-16(25)11-4-10(19)3-2-9(11)7-24-14-6-15(12(18)5-13(14)20)27-8-17(21,22)23/h2-4,6,13,24H,5,7-8H2,1H3. The van der Waals surface area contributed by atoms with E-state index in [2.05, 4.69) is 10.1 Å². The second kappa shape index (κ2) is 8.97. The van der Waals surface area contributed by atoms with Gasteiger partial charge < -0.3 is 10.1 Å². The molecule has 3 nitrogen and oxygen atoms in total. The summed E-state index contributed by atoms with van der Waals surface area (Å²) >= 11 is 6.34. The van der Waals surface area contributed by atoms with Gasteiger partial charge in [-0.2, -0.15) is 13.2 Å². The molecule has 0 radical (unpaired) electrons. The van der Waals surface area contributed by atoms with Crippen LogP contribution in [0.2, 0.25) is 0 Å². The van der Waals surface area contributed by atoms with E-state index in [9.17, 15) is 26.7 Å². The van der Waals surface area contributed by atoms with Gasteiger partial charge in [0, 0.05) is 28.6 Å². The van der Waals surface area contributed by atoms with Crippen molar-refractivity contribution in [2.45, 2.75) is 25.3 Å². The Bertz CT molecular complexity index is 779. The normalized spacial score (nSPS) is 17.6. The molecule has 0 fully saturated rings. The van der Waals surface area contributed by atoms with Gasteiger partial charge in [0.05, 0.1) is 18.4 Å². The summed E-state index contributed by atoms with van der Waals surface area (Å²) < 4.78 is 69.3. The van der Waals surface area contributed by atoms with Crippen LogP contribution in [-0.4, -0.2) is 31.2 Å². The summed E-state index contributed by atoms with van der Waals surface area (Å²) in [5, 5.41) is 2.76. The largest absolute Gasteiger partial charge is 0.465 e. The van der Waals surface area contributed by atoms with Crippen LogP contribution in [0.25, 0.3) is 0 Å². The average Bonchev–Trinajstić information content (AvgIpc) is 2.59. The van der Waals surface area contributed by atoms with Crippen molar-refractivity contribution >= 4 is 29.3 Å². The first-order valence-electron chi connectivity index (χ1n) is 7.65. The number of methoxy groups -OCH3 is 1. The molecule has 0 aromatic heterocycles. The third-order valence-electron chi connectivity index (χ3n) is 3.60. The van der Waals surface area contributed by atoms with Crippen molar-refractivity contribution in [3.8, 4) is 0 Å². The molecule has 1 N–H and O–H groups in total. The lowest BCUT2D eigenvalue weighted by molar-refractivity contribution is -0.105. The Labute approximate surface area is 161 Å². The number of alkyl halides is 4. The third-order valence-corrected chi connectivity index (χ3v) is 5.22. The van der Waals surface area contributed by atoms with E-state index in [0.717, 1.165) is 19.2 Å². The summed E-state index contributed by atoms with van der Waals surface area (Å²) in [6.45, 7) is -0.0498. The highest BCUT2D eigenvalue weighted by Crippen LogP contribution is 2.37. The summed E-state index contributed by atoms with van der Waals surface area (Å²) in [5.74, 6) is -2.55. The Morgan fingerprint density at radius 1 is 1.41 bits per heavy atom. The van der Waals surface area contributed by atoms with Crippen LogP contribution in [0.4, 0.5) is 22.0 Å². The van der Waals surface area contributed by atoms with Gasteiger partial charge in [0.25, 0.3) is 0 Å². The Hall–Kier alpha value is -1.74. The van der Waals surface area contributed by atoms with Crippen LogP contribution in [-0.2, 0) is 11.3 Å². The number of thioether (sulfide) groups is 1. The van der Waals surface area contributed by atoms with Crippen LogP contribution in [0.5, 0.6) is 0 Å². The number of allylic oxidation sites excluding steroid dienone is 3. The average molecular weight is 428 g/mol. The number of rotatable bonds is 6. The van der Waals surface area contributed by atoms with Crippen LogP contribution < -0.4 is 5.32 Å². The maximum atomic E-state index is 14.2. The minimum absolute atomic E-state index is 0.0133. The molecule has 1 aliphatic carbocycles. The molecule has 0 saturated carbocycles. The molecule has 0 heterocycles. The Morgan fingerprint density at radius 3 is 2.74 bits per heavy atom. The predicted molar refractivity (Wildman–Crippen MR) is 93.6 cm³/mol. The van der Waals surface area contributed by atoms with Crippen LogP contribution in [0.1, 0.15) is 22.3 Å². The van der Waals surface area contributed by atoms with Crippen molar-refractivity contribution in [2.75, 3.05) is 12.9 Å². The molecular weight excluding hydrogens is 413 g/mol. The van der Waals surface area contributed by atoms with Gasteiger partial charge in [0.1, 0.15) is 12.0 Å². The number of hydrogen-bond donors (Lipinski definition) is 1. The maximum absolute atomic E-state index is 14.2. The van der Waals surface area contributed by atoms with Gasteiger partial charge in [0.15, 0.2) is 0 Å². The SMILES string of the molecule is COC(=O)c1cc(F)ccc1CNC1=CC(SCC(F)(F)F)=C(Cl)CC1F. The van der Waals surface area contributed by atoms with Gasteiger partial charge >= 0.3 is 12.1 Å². The molecule has 148 valence electrons. The fourth-order valence-corrected chi connectivity index (χ4v) is 3.44. The molecule has 0 saturated heterocycles. The molecule has 0 spiro atoms. The van der Waals surface area contributed by atoms with E-state index in [1.54, 1.807) is 0 Å². The fraction of sp³-hybridized carbons (Fsp3) is 0.353. The number of hydrogen-bond acceptors (Lipinski definition) is 4. The molecule has 1 atom stereocenters. The summed E-state index contributed by atoms with van der Waals surface area (Å²) in [5.41, 5.74) is 0.350. The Kier molecular flexibility index (Phi) is 7.16. The molecule has 27 heavy (non-hydrogen) atoms. The number of halogens is 6. The smallest absolute Gasteiger partial charge is 0.398 e. The van der Waals surface area contributed by atoms with E-state index >= 15 is 0 Å². The number of esters is 1. The van der Waals surface area contributed by atoms with E-state index in [1.807, 2.05) is 0 Å². The number of benzene rings is 1. The number of ether oxygens (including phenoxy) is 1. The molecule has 1 aromatic rings. The van der Waals surface area contributed by atoms with E-state index < -0.39 is 29.9 Å². The van der Waals surface area contributed by atoms with Gasteiger partial charge in [-0.1, -0.05) is 17.7 Å². The maximum Gasteiger partial charge on any atom is 0.398 e. The number of carbonyl (C=O) groups is 1. The van der Waals surface area contributed by atoms with E-state index in [-0.39, 0.29) is 34.2 Å². The van der Waals surface area contributed by atoms with E-state index in [4.69, 9.17) is 11.6 Å². The minimum Gasteiger partial charge on any atom is -0.465 e. The Balaban J connectivity index is 2.16. The second-order valence-corrected chi connectivity index (χ2v) is 7.06. The van der Waals surface area contributed by atoms with Crippen molar-refractivity contribution < 1.29 is 31.5 Å². The molecule has 2 rings (SSSR count). The monoisotopic (exact) mass is 427 g/mol. The van der Waals surface area contributed by atoms with Gasteiger partial charge in [-0.25, -0.2) is 13.6 Å². The highest BCUT2D eigenvalue weighted by atomic mass is 35.5. The topological polar surface area (TPSA) is 38.3 Å². The molecule has 1 aromatic carbocycles. The summed E-state index contributed by atoms with van der Waals surface area (Å²) in [7, 11) is 1.14. The van der Waals surface area contributed by atoms with Crippen molar-refractivity contribution in [3.05, 3.63) is 56.9 Å². The van der Waals surface area contributed by atoms with Crippen molar-refractivity contribution in [1.29, 1.82) is 0 Å². The first kappa shape index (κ1) is 21.6. The van der Waals surface area contributed by atoms with Crippen LogP contribution in [0.15, 0.2) is 39.9 Å². The zero-order chi connectivity index (χ0) is 20.2. The molecule has 0 aliphatic heterocycles. The zero-order valence-corrected chi connectivity index (χ0v) is 15.6. The molecule has 0 amide bonds. The van der Waals surface area contributed by atoms with Crippen molar-refractivity contribution in [3.63, 3.8) is 0 Å². The zero-order valence-electron chi connectivity index (χ0n) is 14.0. The van der Waals surface area contributed by atoms with E-state index in [0.29, 0.717) is 17.3 Å². The summed E-state index contributed by atoms with van der Waals surface area (Å²) in [6.07, 6.45) is -4.95. The molecule has 10 heteroatoms. The van der Waals surface area contributed by atoms with Gasteiger partial charge in [-0.05, 0) is 23.8 Å². The number of carbonyl (C=O) groups excluding carboxylic acids is 1. The molecule has 0 bridgehead atoms. The lowest BCUT2D eigenvalue weighted by Crippen LogP contribution is -2.25. The highest BCUT2D eigenvalue weighted by Gasteiger charge is 2.30. The van der Waals surface area contributed by atoms with Crippen LogP contribution >= 0.6 is 23.4 Å². The van der Waals surface area contributed by atoms with Gasteiger partial charge in [-0.3, -0.25) is 0 Å². The molecular formula is C17H15ClF5NO2S. The first-order chi connectivity index (χ1) is 12.6. The van der Waals surface area contributed by atoms with Gasteiger partial charge in [-0.15, -0.1) is 11.8 Å². The highest BCUT2D eigenvalue weighted by molar-refractivity contribution is 8.03. The third kappa shape index (κ3) is 6.14. The predicted octanol–water partition coefficient (Wildman–Crippen LogP) is 5.07. The van der Waals surface area contributed by atoms with Crippen molar-refractivity contribution in [2.24, 2.45) is 0 Å². The second-order valence-electron chi connectivity index (χ2n) is 5.59. The fourth-order valence-electron chi connectivity index (χ4n) is 2.32. The first-order valence-corrected chi connectivity index (χ1v) is 9.01. The number of nitrogens with one attached hydrogen (secondary N) is 1. The lowest BCUT2D eigenvalue weighted by Gasteiger charge is -2.22. The summed E-state index contributed by atoms with van der Waals surface area (Å²) in [4.78, 5) is 11.9. The summed E-state index contributed by atoms with van der Waals surface area (Å²) in [6, 6.07) is 3.47. The Morgan fingerprint density at radius 2 is 2.11 bits per heavy atom. The minimum atomic E-state index is -4.38. The van der Waals surface area contributed by atoms with Crippen LogP contribution in [0, 0.1) is 5.82 Å².